The normalized spacial score (nSPS) is 16.5. The van der Waals surface area contributed by atoms with Crippen LogP contribution in [-0.4, -0.2) is 38.1 Å². The van der Waals surface area contributed by atoms with E-state index in [1.165, 1.54) is 32.3 Å². The van der Waals surface area contributed by atoms with Crippen LogP contribution in [0.2, 0.25) is 10.0 Å². The Balaban J connectivity index is 1.85. The minimum atomic E-state index is -0.993. The number of ether oxygens (including phenoxy) is 3. The van der Waals surface area contributed by atoms with Crippen LogP contribution in [0.1, 0.15) is 17.2 Å². The zero-order valence-corrected chi connectivity index (χ0v) is 22.7. The largest absolute Gasteiger partial charge is 0.507 e. The molecule has 0 spiro atoms. The fraction of sp³-hybridized carbons (Fsp3) is 0.133. The summed E-state index contributed by atoms with van der Waals surface area (Å²) in [6.45, 7) is 0. The number of carbonyl (C=O) groups excluding carboxylic acids is 2. The lowest BCUT2D eigenvalue weighted by Gasteiger charge is -2.27. The van der Waals surface area contributed by atoms with Crippen LogP contribution in [0.3, 0.4) is 0 Å². The first-order valence-electron chi connectivity index (χ1n) is 11.8. The summed E-state index contributed by atoms with van der Waals surface area (Å²) in [5.74, 6) is -1.49. The zero-order chi connectivity index (χ0) is 27.8. The van der Waals surface area contributed by atoms with E-state index in [4.69, 9.17) is 37.4 Å². The second-order valence-corrected chi connectivity index (χ2v) is 9.51. The Bertz CT molecular complexity index is 1660. The number of nitrogens with zero attached hydrogens (tertiary/aromatic N) is 1. The molecule has 5 rings (SSSR count). The number of ketones is 1. The standard InChI is InChI=1S/C30H23Cl2NO6/c1-37-18-11-7-10-17(14-18)33-25(20-13-6-9-16-8-4-5-12-19(16)20)23(27(35)30(33)36)26(34)21-15-22(31)29(39-3)24(32)28(21)38-2/h4-15,25,34H,1-3H3/b26-23+. The first-order valence-corrected chi connectivity index (χ1v) is 12.6. The van der Waals surface area contributed by atoms with Gasteiger partial charge in [-0.25, -0.2) is 0 Å². The number of amides is 1. The minimum Gasteiger partial charge on any atom is -0.507 e. The van der Waals surface area contributed by atoms with E-state index in [2.05, 4.69) is 0 Å². The fourth-order valence-corrected chi connectivity index (χ4v) is 5.62. The van der Waals surface area contributed by atoms with Crippen molar-refractivity contribution in [2.24, 2.45) is 0 Å². The second-order valence-electron chi connectivity index (χ2n) is 8.73. The van der Waals surface area contributed by atoms with Gasteiger partial charge in [0, 0.05) is 11.8 Å². The number of rotatable bonds is 6. The summed E-state index contributed by atoms with van der Waals surface area (Å²) in [6.07, 6.45) is 0. The molecule has 1 heterocycles. The molecule has 1 saturated heterocycles. The number of aliphatic hydroxyl groups is 1. The highest BCUT2D eigenvalue weighted by atomic mass is 35.5. The van der Waals surface area contributed by atoms with Crippen LogP contribution in [0, 0.1) is 0 Å². The van der Waals surface area contributed by atoms with Crippen LogP contribution in [0.25, 0.3) is 16.5 Å². The van der Waals surface area contributed by atoms with Crippen LogP contribution >= 0.6 is 23.2 Å². The summed E-state index contributed by atoms with van der Waals surface area (Å²) < 4.78 is 16.1. The van der Waals surface area contributed by atoms with Gasteiger partial charge < -0.3 is 19.3 Å². The average molecular weight is 564 g/mol. The van der Waals surface area contributed by atoms with Crippen LogP contribution in [0.15, 0.2) is 78.4 Å². The maximum Gasteiger partial charge on any atom is 0.300 e. The quantitative estimate of drug-likeness (QED) is 0.158. The lowest BCUT2D eigenvalue weighted by molar-refractivity contribution is -0.132. The third kappa shape index (κ3) is 4.33. The molecule has 0 saturated carbocycles. The van der Waals surface area contributed by atoms with Crippen molar-refractivity contribution in [2.75, 3.05) is 26.2 Å². The molecular weight excluding hydrogens is 541 g/mol. The molecule has 1 amide bonds. The lowest BCUT2D eigenvalue weighted by Crippen LogP contribution is -2.29. The maximum atomic E-state index is 13.7. The van der Waals surface area contributed by atoms with E-state index >= 15 is 0 Å². The van der Waals surface area contributed by atoms with Crippen molar-refractivity contribution in [1.29, 1.82) is 0 Å². The third-order valence-corrected chi connectivity index (χ3v) is 7.31. The van der Waals surface area contributed by atoms with Crippen molar-refractivity contribution < 1.29 is 28.9 Å². The predicted octanol–water partition coefficient (Wildman–Crippen LogP) is 6.80. The van der Waals surface area contributed by atoms with Crippen LogP contribution in [0.4, 0.5) is 5.69 Å². The lowest BCUT2D eigenvalue weighted by atomic mass is 9.91. The molecule has 198 valence electrons. The molecule has 1 atom stereocenters. The average Bonchev–Trinajstić information content (AvgIpc) is 3.22. The van der Waals surface area contributed by atoms with Crippen molar-refractivity contribution in [3.8, 4) is 17.2 Å². The molecule has 4 aromatic carbocycles. The monoisotopic (exact) mass is 563 g/mol. The number of halogens is 2. The van der Waals surface area contributed by atoms with Gasteiger partial charge in [0.25, 0.3) is 11.7 Å². The van der Waals surface area contributed by atoms with Crippen molar-refractivity contribution in [3.63, 3.8) is 0 Å². The molecule has 0 radical (unpaired) electrons. The molecule has 1 N–H and O–H groups in total. The number of Topliss-reactive ketones (excluding diaryl/α,β-unsaturated/α-hetero) is 1. The Morgan fingerprint density at radius 3 is 2.26 bits per heavy atom. The van der Waals surface area contributed by atoms with Gasteiger partial charge in [0.05, 0.1) is 43.5 Å². The number of hydrogen-bond donors (Lipinski definition) is 1. The molecule has 0 aliphatic carbocycles. The second kappa shape index (κ2) is 10.5. The molecule has 1 aliphatic rings. The first kappa shape index (κ1) is 26.4. The topological polar surface area (TPSA) is 85.3 Å². The molecule has 39 heavy (non-hydrogen) atoms. The van der Waals surface area contributed by atoms with E-state index in [-0.39, 0.29) is 32.7 Å². The number of methoxy groups -OCH3 is 3. The summed E-state index contributed by atoms with van der Waals surface area (Å²) in [6, 6.07) is 20.4. The van der Waals surface area contributed by atoms with Gasteiger partial charge in [-0.2, -0.15) is 0 Å². The molecular formula is C30H23Cl2NO6. The van der Waals surface area contributed by atoms with E-state index in [9.17, 15) is 14.7 Å². The van der Waals surface area contributed by atoms with E-state index in [1.54, 1.807) is 24.3 Å². The Morgan fingerprint density at radius 1 is 0.846 bits per heavy atom. The molecule has 9 heteroatoms. The van der Waals surface area contributed by atoms with Gasteiger partial charge in [-0.05, 0) is 34.5 Å². The number of anilines is 1. The summed E-state index contributed by atoms with van der Waals surface area (Å²) in [5.41, 5.74) is 0.962. The van der Waals surface area contributed by atoms with Gasteiger partial charge in [0.2, 0.25) is 0 Å². The van der Waals surface area contributed by atoms with Crippen molar-refractivity contribution in [2.45, 2.75) is 6.04 Å². The Morgan fingerprint density at radius 2 is 1.54 bits per heavy atom. The van der Waals surface area contributed by atoms with Crippen LogP contribution in [0.5, 0.6) is 17.2 Å². The SMILES string of the molecule is COc1cccc(N2C(=O)C(=O)/C(=C(/O)c3cc(Cl)c(OC)c(Cl)c3OC)C2c2cccc3ccccc23)c1. The van der Waals surface area contributed by atoms with E-state index in [1.807, 2.05) is 42.5 Å². The van der Waals surface area contributed by atoms with E-state index in [0.29, 0.717) is 17.0 Å². The van der Waals surface area contributed by atoms with Crippen LogP contribution < -0.4 is 19.1 Å². The summed E-state index contributed by atoms with van der Waals surface area (Å²) in [4.78, 5) is 28.7. The maximum absolute atomic E-state index is 13.7. The number of hydrogen-bond acceptors (Lipinski definition) is 6. The number of fused-ring (bicyclic) bond motifs is 1. The molecule has 4 aromatic rings. The Labute approximate surface area is 234 Å². The summed E-state index contributed by atoms with van der Waals surface area (Å²) in [7, 11) is 4.27. The summed E-state index contributed by atoms with van der Waals surface area (Å²) >= 11 is 12.9. The van der Waals surface area contributed by atoms with Crippen molar-refractivity contribution >= 4 is 57.1 Å². The molecule has 1 fully saturated rings. The molecule has 1 aliphatic heterocycles. The van der Waals surface area contributed by atoms with E-state index < -0.39 is 23.5 Å². The zero-order valence-electron chi connectivity index (χ0n) is 21.2. The minimum absolute atomic E-state index is 0.0118. The van der Waals surface area contributed by atoms with Gasteiger partial charge in [0.15, 0.2) is 11.5 Å². The number of carbonyl (C=O) groups is 2. The van der Waals surface area contributed by atoms with Gasteiger partial charge in [-0.3, -0.25) is 14.5 Å². The Hall–Kier alpha value is -4.20. The predicted molar refractivity (Wildman–Crippen MR) is 151 cm³/mol. The van der Waals surface area contributed by atoms with E-state index in [0.717, 1.165) is 10.8 Å². The smallest absolute Gasteiger partial charge is 0.300 e. The fourth-order valence-electron chi connectivity index (χ4n) is 4.93. The molecule has 0 bridgehead atoms. The molecule has 1 unspecified atom stereocenters. The molecule has 7 nitrogen and oxygen atoms in total. The van der Waals surface area contributed by atoms with Gasteiger partial charge in [-0.15, -0.1) is 0 Å². The van der Waals surface area contributed by atoms with Gasteiger partial charge in [0.1, 0.15) is 16.5 Å². The molecule has 0 aromatic heterocycles. The number of aliphatic hydroxyl groups excluding tert-OH is 1. The highest BCUT2D eigenvalue weighted by Crippen LogP contribution is 2.49. The Kier molecular flexibility index (Phi) is 7.12. The van der Waals surface area contributed by atoms with Crippen molar-refractivity contribution in [3.05, 3.63) is 99.5 Å². The van der Waals surface area contributed by atoms with Gasteiger partial charge >= 0.3 is 0 Å². The highest BCUT2D eigenvalue weighted by molar-refractivity contribution is 6.52. The first-order chi connectivity index (χ1) is 18.8. The van der Waals surface area contributed by atoms with Gasteiger partial charge in [-0.1, -0.05) is 71.7 Å². The third-order valence-electron chi connectivity index (χ3n) is 6.69. The van der Waals surface area contributed by atoms with Crippen molar-refractivity contribution in [1.82, 2.24) is 0 Å². The van der Waals surface area contributed by atoms with Crippen LogP contribution in [-0.2, 0) is 9.59 Å². The highest BCUT2D eigenvalue weighted by Gasteiger charge is 2.48. The number of benzene rings is 4. The summed E-state index contributed by atoms with van der Waals surface area (Å²) in [5, 5.41) is 13.5.